The maximum absolute atomic E-state index is 5.37. The summed E-state index contributed by atoms with van der Waals surface area (Å²) in [6.45, 7) is 7.89. The summed E-state index contributed by atoms with van der Waals surface area (Å²) in [6.07, 6.45) is 0. The Balaban J connectivity index is 2.09. The molecule has 0 aliphatic rings. The molecular formula is C13H17N3OS. The third-order valence-electron chi connectivity index (χ3n) is 2.52. The first-order valence-corrected chi connectivity index (χ1v) is 6.79. The van der Waals surface area contributed by atoms with Crippen molar-refractivity contribution in [2.75, 3.05) is 6.54 Å². The van der Waals surface area contributed by atoms with Crippen molar-refractivity contribution in [2.45, 2.75) is 37.4 Å². The van der Waals surface area contributed by atoms with Crippen molar-refractivity contribution in [1.29, 1.82) is 0 Å². The number of aromatic nitrogens is 2. The first-order chi connectivity index (χ1) is 8.69. The predicted molar refractivity (Wildman–Crippen MR) is 71.7 cm³/mol. The Hall–Kier alpha value is -1.33. The lowest BCUT2D eigenvalue weighted by Gasteiger charge is -2.06. The van der Waals surface area contributed by atoms with Gasteiger partial charge in [-0.05, 0) is 42.4 Å². The van der Waals surface area contributed by atoms with E-state index >= 15 is 0 Å². The summed E-state index contributed by atoms with van der Waals surface area (Å²) in [7, 11) is 0. The van der Waals surface area contributed by atoms with Gasteiger partial charge in [-0.1, -0.05) is 19.1 Å². The zero-order valence-electron chi connectivity index (χ0n) is 10.9. The smallest absolute Gasteiger partial charge is 0.281 e. The maximum atomic E-state index is 5.37. The summed E-state index contributed by atoms with van der Waals surface area (Å²) in [5.41, 5.74) is 2.52. The van der Waals surface area contributed by atoms with Gasteiger partial charge >= 0.3 is 0 Å². The number of nitrogens with one attached hydrogen (secondary N) is 1. The van der Waals surface area contributed by atoms with Crippen molar-refractivity contribution < 1.29 is 4.42 Å². The third-order valence-corrected chi connectivity index (χ3v) is 3.54. The van der Waals surface area contributed by atoms with E-state index < -0.39 is 0 Å². The Bertz CT molecular complexity index is 525. The van der Waals surface area contributed by atoms with E-state index in [1.165, 1.54) is 22.9 Å². The van der Waals surface area contributed by atoms with Crippen LogP contribution < -0.4 is 5.32 Å². The largest absolute Gasteiger partial charge is 0.416 e. The van der Waals surface area contributed by atoms with Crippen molar-refractivity contribution in [3.8, 4) is 0 Å². The molecule has 0 radical (unpaired) electrons. The van der Waals surface area contributed by atoms with Crippen LogP contribution in [0.15, 0.2) is 32.7 Å². The first-order valence-electron chi connectivity index (χ1n) is 5.97. The van der Waals surface area contributed by atoms with Gasteiger partial charge in [-0.2, -0.15) is 0 Å². The van der Waals surface area contributed by atoms with Crippen molar-refractivity contribution >= 4 is 11.8 Å². The van der Waals surface area contributed by atoms with E-state index in [9.17, 15) is 0 Å². The summed E-state index contributed by atoms with van der Waals surface area (Å²) >= 11 is 1.51. The summed E-state index contributed by atoms with van der Waals surface area (Å²) in [4.78, 5) is 1.15. The van der Waals surface area contributed by atoms with Crippen LogP contribution in [0.1, 0.15) is 23.9 Å². The fraction of sp³-hybridized carbons (Fsp3) is 0.385. The summed E-state index contributed by atoms with van der Waals surface area (Å²) in [5, 5.41) is 11.7. The monoisotopic (exact) mass is 263 g/mol. The number of aryl methyl sites for hydroxylation is 2. The highest BCUT2D eigenvalue weighted by atomic mass is 32.2. The van der Waals surface area contributed by atoms with Crippen LogP contribution >= 0.6 is 11.8 Å². The molecule has 0 spiro atoms. The molecule has 0 saturated carbocycles. The second-order valence-corrected chi connectivity index (χ2v) is 5.06. The second kappa shape index (κ2) is 6.02. The highest BCUT2D eigenvalue weighted by molar-refractivity contribution is 7.99. The van der Waals surface area contributed by atoms with Crippen LogP contribution in [0.3, 0.4) is 0 Å². The average Bonchev–Trinajstić information content (AvgIpc) is 2.75. The molecule has 0 atom stereocenters. The van der Waals surface area contributed by atoms with E-state index in [0.717, 1.165) is 18.0 Å². The Morgan fingerprint density at radius 2 is 2.11 bits per heavy atom. The van der Waals surface area contributed by atoms with Gasteiger partial charge < -0.3 is 9.73 Å². The zero-order valence-corrected chi connectivity index (χ0v) is 11.7. The minimum absolute atomic E-state index is 0.593. The minimum Gasteiger partial charge on any atom is -0.416 e. The molecule has 0 unspecified atom stereocenters. The summed E-state index contributed by atoms with van der Waals surface area (Å²) in [6, 6.07) is 6.42. The van der Waals surface area contributed by atoms with Gasteiger partial charge in [0.2, 0.25) is 5.89 Å². The van der Waals surface area contributed by atoms with E-state index in [4.69, 9.17) is 4.42 Å². The molecular weight excluding hydrogens is 246 g/mol. The molecule has 0 aliphatic carbocycles. The van der Waals surface area contributed by atoms with E-state index in [1.807, 2.05) is 0 Å². The predicted octanol–water partition coefficient (Wildman–Crippen LogP) is 2.95. The van der Waals surface area contributed by atoms with Crippen LogP contribution in [0.4, 0.5) is 0 Å². The molecule has 1 aromatic heterocycles. The zero-order chi connectivity index (χ0) is 13.0. The van der Waals surface area contributed by atoms with Crippen LogP contribution in [0, 0.1) is 13.8 Å². The van der Waals surface area contributed by atoms with Crippen molar-refractivity contribution in [2.24, 2.45) is 0 Å². The molecule has 1 N–H and O–H groups in total. The molecule has 0 fully saturated rings. The fourth-order valence-corrected chi connectivity index (χ4v) is 2.41. The number of benzene rings is 1. The van der Waals surface area contributed by atoms with E-state index in [2.05, 4.69) is 47.6 Å². The summed E-state index contributed by atoms with van der Waals surface area (Å²) in [5.74, 6) is 0.596. The molecule has 4 nitrogen and oxygen atoms in total. The highest BCUT2D eigenvalue weighted by Gasteiger charge is 2.07. The molecule has 1 aromatic carbocycles. The molecule has 0 aliphatic heterocycles. The van der Waals surface area contributed by atoms with Gasteiger partial charge in [0.15, 0.2) is 0 Å². The SMILES string of the molecule is CCNCc1ccc(Sc2nnc(C)o2)c(C)c1. The van der Waals surface area contributed by atoms with Crippen molar-refractivity contribution in [3.63, 3.8) is 0 Å². The minimum atomic E-state index is 0.593. The van der Waals surface area contributed by atoms with Gasteiger partial charge in [0.05, 0.1) is 0 Å². The second-order valence-electron chi connectivity index (χ2n) is 4.07. The summed E-state index contributed by atoms with van der Waals surface area (Å²) < 4.78 is 5.37. The van der Waals surface area contributed by atoms with E-state index in [1.54, 1.807) is 6.92 Å². The lowest BCUT2D eigenvalue weighted by molar-refractivity contribution is 0.429. The van der Waals surface area contributed by atoms with Gasteiger partial charge in [0, 0.05) is 18.4 Å². The average molecular weight is 263 g/mol. The van der Waals surface area contributed by atoms with Gasteiger partial charge in [-0.15, -0.1) is 10.2 Å². The number of rotatable bonds is 5. The molecule has 5 heteroatoms. The Morgan fingerprint density at radius 3 is 2.72 bits per heavy atom. The van der Waals surface area contributed by atoms with Crippen molar-refractivity contribution in [1.82, 2.24) is 15.5 Å². The number of hydrogen-bond acceptors (Lipinski definition) is 5. The molecule has 1 heterocycles. The van der Waals surface area contributed by atoms with Gasteiger partial charge in [0.25, 0.3) is 5.22 Å². The van der Waals surface area contributed by atoms with Crippen molar-refractivity contribution in [3.05, 3.63) is 35.2 Å². The molecule has 0 saturated heterocycles. The Labute approximate surface area is 111 Å². The van der Waals surface area contributed by atoms with E-state index in [-0.39, 0.29) is 0 Å². The molecule has 2 aromatic rings. The van der Waals surface area contributed by atoms with Crippen LogP contribution in [-0.4, -0.2) is 16.7 Å². The standard InChI is InChI=1S/C13H17N3OS/c1-4-14-8-11-5-6-12(9(2)7-11)18-13-16-15-10(3)17-13/h5-7,14H,4,8H2,1-3H3. The number of nitrogens with zero attached hydrogens (tertiary/aromatic N) is 2. The molecule has 96 valence electrons. The van der Waals surface area contributed by atoms with Gasteiger partial charge in [-0.25, -0.2) is 0 Å². The topological polar surface area (TPSA) is 51.0 Å². The third kappa shape index (κ3) is 3.34. The van der Waals surface area contributed by atoms with Crippen LogP contribution in [0.5, 0.6) is 0 Å². The molecule has 0 amide bonds. The van der Waals surface area contributed by atoms with E-state index in [0.29, 0.717) is 11.1 Å². The quantitative estimate of drug-likeness (QED) is 0.898. The molecule has 0 bridgehead atoms. The Morgan fingerprint density at radius 1 is 1.28 bits per heavy atom. The molecule has 2 rings (SSSR count). The normalized spacial score (nSPS) is 10.8. The highest BCUT2D eigenvalue weighted by Crippen LogP contribution is 2.29. The fourth-order valence-electron chi connectivity index (χ4n) is 1.62. The lowest BCUT2D eigenvalue weighted by Crippen LogP contribution is -2.11. The molecule has 18 heavy (non-hydrogen) atoms. The van der Waals surface area contributed by atoms with Crippen LogP contribution in [-0.2, 0) is 6.54 Å². The van der Waals surface area contributed by atoms with Crippen LogP contribution in [0.25, 0.3) is 0 Å². The Kier molecular flexibility index (Phi) is 4.38. The number of hydrogen-bond donors (Lipinski definition) is 1. The van der Waals surface area contributed by atoms with Gasteiger partial charge in [0.1, 0.15) is 0 Å². The van der Waals surface area contributed by atoms with Crippen LogP contribution in [0.2, 0.25) is 0 Å². The lowest BCUT2D eigenvalue weighted by atomic mass is 10.1. The maximum Gasteiger partial charge on any atom is 0.281 e. The van der Waals surface area contributed by atoms with Gasteiger partial charge in [-0.3, -0.25) is 0 Å². The first kappa shape index (κ1) is 13.1.